The van der Waals surface area contributed by atoms with Crippen LogP contribution in [0.15, 0.2) is 25.3 Å². The minimum Gasteiger partial charge on any atom is -0.748 e. The van der Waals surface area contributed by atoms with E-state index in [1.807, 2.05) is 27.9 Å². The van der Waals surface area contributed by atoms with Gasteiger partial charge in [0.15, 0.2) is 0 Å². The number of amides is 2. The van der Waals surface area contributed by atoms with E-state index in [1.54, 1.807) is 0 Å². The third-order valence-electron chi connectivity index (χ3n) is 4.83. The highest BCUT2D eigenvalue weighted by Crippen LogP contribution is 2.28. The zero-order valence-corrected chi connectivity index (χ0v) is 23.7. The largest absolute Gasteiger partial charge is 0.748 e. The van der Waals surface area contributed by atoms with Gasteiger partial charge in [0, 0.05) is 18.8 Å². The second kappa shape index (κ2) is 23.1. The van der Waals surface area contributed by atoms with E-state index in [0.717, 1.165) is 32.4 Å². The minimum atomic E-state index is -4.10. The summed E-state index contributed by atoms with van der Waals surface area (Å²) in [5, 5.41) is 5.39. The van der Waals surface area contributed by atoms with E-state index in [0.29, 0.717) is 32.4 Å². The predicted molar refractivity (Wildman–Crippen MR) is 154 cm³/mol. The molecule has 1 aliphatic heterocycles. The Morgan fingerprint density at radius 2 is 1.47 bits per heavy atom. The molecule has 0 spiro atoms. The van der Waals surface area contributed by atoms with Crippen molar-refractivity contribution < 1.29 is 35.2 Å². The molecule has 38 heavy (non-hydrogen) atoms. The van der Waals surface area contributed by atoms with Gasteiger partial charge >= 0.3 is 0 Å². The summed E-state index contributed by atoms with van der Waals surface area (Å²) < 4.78 is 56.1. The van der Waals surface area contributed by atoms with E-state index >= 15 is 0 Å². The Bertz CT molecular complexity index is 859. The first-order chi connectivity index (χ1) is 16.5. The van der Waals surface area contributed by atoms with E-state index in [2.05, 4.69) is 32.9 Å². The smallest absolute Gasteiger partial charge is 0.267 e. The standard InChI is InChI=1S/C12H23NO4S.C8H16N2O.C3H6O3S.2CH4/c1-4-11(14)13-9-5-7-12(2,3)8-6-10-18(15,16)17;1-4-8(11)9-6-5-7-10(2)3;4-7(5)3-1-2-6-7;;/h4H,1,5-10H2,2-3H3,(H,13,14)(H,15,16,17);4H,1,5-7H2,2-3H3,(H,9,11);1-3H2;2*1H4/p-1. The first kappa shape index (κ1) is 43.3. The average Bonchev–Trinajstić information content (AvgIpc) is 3.17. The fourth-order valence-corrected chi connectivity index (χ4v) is 4.32. The molecule has 2 N–H and O–H groups in total. The maximum absolute atomic E-state index is 10.9. The monoisotopic (exact) mass is 586 g/mol. The van der Waals surface area contributed by atoms with Crippen LogP contribution in [0, 0.1) is 5.41 Å². The summed E-state index contributed by atoms with van der Waals surface area (Å²) in [5.41, 5.74) is -0.0242. The average molecular weight is 587 g/mol. The van der Waals surface area contributed by atoms with Gasteiger partial charge in [-0.1, -0.05) is 41.9 Å². The normalized spacial score (nSPS) is 13.7. The first-order valence-corrected chi connectivity index (χ1v) is 14.9. The molecule has 0 unspecified atom stereocenters. The zero-order valence-electron chi connectivity index (χ0n) is 22.1. The molecule has 0 atom stereocenters. The molecule has 0 bridgehead atoms. The Hall–Kier alpha value is -1.80. The van der Waals surface area contributed by atoms with Gasteiger partial charge < -0.3 is 20.1 Å². The van der Waals surface area contributed by atoms with Crippen LogP contribution < -0.4 is 10.6 Å². The van der Waals surface area contributed by atoms with Crippen molar-refractivity contribution in [3.05, 3.63) is 25.3 Å². The van der Waals surface area contributed by atoms with Crippen molar-refractivity contribution in [2.45, 2.75) is 67.2 Å². The highest BCUT2D eigenvalue weighted by atomic mass is 32.2. The molecule has 11 nitrogen and oxygen atoms in total. The molecule has 2 amide bonds. The summed E-state index contributed by atoms with van der Waals surface area (Å²) >= 11 is 0. The lowest BCUT2D eigenvalue weighted by atomic mass is 9.83. The van der Waals surface area contributed by atoms with Crippen LogP contribution in [0.5, 0.6) is 0 Å². The van der Waals surface area contributed by atoms with Gasteiger partial charge in [-0.2, -0.15) is 8.42 Å². The molecule has 228 valence electrons. The van der Waals surface area contributed by atoms with Crippen LogP contribution in [-0.2, 0) is 34.0 Å². The van der Waals surface area contributed by atoms with Crippen LogP contribution in [0.1, 0.15) is 67.2 Å². The molecule has 0 radical (unpaired) electrons. The number of hydrogen-bond donors (Lipinski definition) is 2. The summed E-state index contributed by atoms with van der Waals surface area (Å²) in [6, 6.07) is 0. The van der Waals surface area contributed by atoms with Crippen molar-refractivity contribution in [2.75, 3.05) is 51.8 Å². The third kappa shape index (κ3) is 32.2. The Labute approximate surface area is 232 Å². The Kier molecular flexibility index (Phi) is 26.3. The molecule has 0 aliphatic carbocycles. The molecule has 0 aromatic carbocycles. The molecule has 1 saturated heterocycles. The maximum Gasteiger partial charge on any atom is 0.267 e. The summed E-state index contributed by atoms with van der Waals surface area (Å²) in [6.45, 7) is 13.4. The molecule has 1 rings (SSSR count). The predicted octanol–water partition coefficient (Wildman–Crippen LogP) is 2.67. The highest BCUT2D eigenvalue weighted by molar-refractivity contribution is 7.86. The number of nitrogens with zero attached hydrogens (tertiary/aromatic N) is 1. The molecule has 13 heteroatoms. The van der Waals surface area contributed by atoms with E-state index in [9.17, 15) is 31.0 Å². The second-order valence-electron chi connectivity index (χ2n) is 9.22. The topological polar surface area (TPSA) is 162 Å². The number of carbonyl (C=O) groups excluding carboxylic acids is 2. The molecule has 0 aromatic rings. The molecular weight excluding hydrogens is 534 g/mol. The fraction of sp³-hybridized carbons (Fsp3) is 0.760. The van der Waals surface area contributed by atoms with Crippen LogP contribution >= 0.6 is 0 Å². The van der Waals surface area contributed by atoms with Gasteiger partial charge in [0.05, 0.1) is 22.5 Å². The van der Waals surface area contributed by atoms with Crippen molar-refractivity contribution in [1.82, 2.24) is 15.5 Å². The van der Waals surface area contributed by atoms with E-state index in [-0.39, 0.29) is 43.6 Å². The van der Waals surface area contributed by atoms with Crippen LogP contribution in [0.4, 0.5) is 0 Å². The van der Waals surface area contributed by atoms with Gasteiger partial charge in [0.1, 0.15) is 0 Å². The minimum absolute atomic E-state index is 0. The first-order valence-electron chi connectivity index (χ1n) is 11.8. The van der Waals surface area contributed by atoms with Crippen LogP contribution in [-0.4, -0.2) is 89.9 Å². The Morgan fingerprint density at radius 3 is 1.82 bits per heavy atom. The Morgan fingerprint density at radius 1 is 1.00 bits per heavy atom. The van der Waals surface area contributed by atoms with Crippen molar-refractivity contribution >= 4 is 32.1 Å². The van der Waals surface area contributed by atoms with E-state index < -0.39 is 20.2 Å². The number of hydrogen-bond acceptors (Lipinski definition) is 9. The Balaban J connectivity index is -0.000000246. The van der Waals surface area contributed by atoms with Crippen molar-refractivity contribution in [2.24, 2.45) is 5.41 Å². The fourth-order valence-electron chi connectivity index (χ4n) is 2.86. The lowest BCUT2D eigenvalue weighted by Gasteiger charge is -2.24. The van der Waals surface area contributed by atoms with Crippen molar-refractivity contribution in [1.29, 1.82) is 0 Å². The molecule has 1 fully saturated rings. The van der Waals surface area contributed by atoms with Gasteiger partial charge in [-0.3, -0.25) is 13.8 Å². The van der Waals surface area contributed by atoms with Gasteiger partial charge in [-0.25, -0.2) is 8.42 Å². The summed E-state index contributed by atoms with van der Waals surface area (Å²) in [6.07, 6.45) is 6.90. The van der Waals surface area contributed by atoms with Crippen LogP contribution in [0.3, 0.4) is 0 Å². The van der Waals surface area contributed by atoms with Gasteiger partial charge in [0.25, 0.3) is 10.1 Å². The second-order valence-corrected chi connectivity index (χ2v) is 12.5. The number of rotatable bonds is 14. The van der Waals surface area contributed by atoms with Crippen molar-refractivity contribution in [3.63, 3.8) is 0 Å². The zero-order chi connectivity index (χ0) is 28.3. The van der Waals surface area contributed by atoms with Gasteiger partial charge in [-0.15, -0.1) is 0 Å². The van der Waals surface area contributed by atoms with Gasteiger partial charge in [-0.05, 0) is 76.7 Å². The molecule has 1 aliphatic rings. The SMILES string of the molecule is C.C.C=CC(=O)NCCCC(C)(C)CCCS(=O)(=O)[O-].C=CC(=O)NCCCN(C)C.O=S1(=O)CCCO1. The lowest BCUT2D eigenvalue weighted by molar-refractivity contribution is -0.117. The highest BCUT2D eigenvalue weighted by Gasteiger charge is 2.18. The summed E-state index contributed by atoms with van der Waals surface area (Å²) in [5.74, 6) is -0.384. The summed E-state index contributed by atoms with van der Waals surface area (Å²) in [7, 11) is -3.13. The lowest BCUT2D eigenvalue weighted by Crippen LogP contribution is -2.25. The van der Waals surface area contributed by atoms with E-state index in [4.69, 9.17) is 0 Å². The maximum atomic E-state index is 10.9. The molecule has 1 heterocycles. The molecule has 0 aromatic heterocycles. The quantitative estimate of drug-likeness (QED) is 0.135. The summed E-state index contributed by atoms with van der Waals surface area (Å²) in [4.78, 5) is 23.6. The van der Waals surface area contributed by atoms with Crippen LogP contribution in [0.2, 0.25) is 0 Å². The number of nitrogens with one attached hydrogen (secondary N) is 2. The van der Waals surface area contributed by atoms with Gasteiger partial charge in [0.2, 0.25) is 11.8 Å². The molecular formula is C25H52N3O8S2-. The molecule has 0 saturated carbocycles. The number of carbonyl (C=O) groups is 2. The van der Waals surface area contributed by atoms with E-state index in [1.165, 1.54) is 12.2 Å². The van der Waals surface area contributed by atoms with Crippen molar-refractivity contribution in [3.8, 4) is 0 Å². The van der Waals surface area contributed by atoms with Crippen LogP contribution in [0.25, 0.3) is 0 Å². The third-order valence-corrected chi connectivity index (χ3v) is 6.93.